The number of hydrogen-bond acceptors (Lipinski definition) is 4. The summed E-state index contributed by atoms with van der Waals surface area (Å²) < 4.78 is 29.5. The highest BCUT2D eigenvalue weighted by Gasteiger charge is 2.33. The van der Waals surface area contributed by atoms with Crippen LogP contribution in [0.2, 0.25) is 0 Å². The third-order valence-corrected chi connectivity index (χ3v) is 6.05. The van der Waals surface area contributed by atoms with Crippen molar-refractivity contribution in [3.8, 4) is 5.75 Å². The maximum absolute atomic E-state index is 12.1. The molecule has 0 aromatic heterocycles. The van der Waals surface area contributed by atoms with Crippen molar-refractivity contribution in [1.29, 1.82) is 0 Å². The number of carbonyl (C=O) groups excluding carboxylic acids is 1. The van der Waals surface area contributed by atoms with E-state index in [9.17, 15) is 13.2 Å². The summed E-state index contributed by atoms with van der Waals surface area (Å²) >= 11 is 0. The van der Waals surface area contributed by atoms with Gasteiger partial charge in [0.2, 0.25) is 5.91 Å². The maximum Gasteiger partial charge on any atom is 0.238 e. The summed E-state index contributed by atoms with van der Waals surface area (Å²) in [5.74, 6) is 0.251. The zero-order valence-electron chi connectivity index (χ0n) is 11.8. The first-order valence-corrected chi connectivity index (χ1v) is 8.19. The normalized spacial score (nSPS) is 19.3. The Morgan fingerprint density at radius 2 is 1.95 bits per heavy atom. The van der Waals surface area contributed by atoms with Crippen LogP contribution in [0.25, 0.3) is 0 Å². The molecule has 0 unspecified atom stereocenters. The van der Waals surface area contributed by atoms with Gasteiger partial charge in [0.15, 0.2) is 9.84 Å². The van der Waals surface area contributed by atoms with Crippen LogP contribution in [0.1, 0.15) is 32.4 Å². The first-order valence-electron chi connectivity index (χ1n) is 6.59. The predicted octanol–water partition coefficient (Wildman–Crippen LogP) is 1.45. The Labute approximate surface area is 119 Å². The van der Waals surface area contributed by atoms with Gasteiger partial charge in [-0.3, -0.25) is 4.79 Å². The smallest absolute Gasteiger partial charge is 0.238 e. The van der Waals surface area contributed by atoms with Crippen LogP contribution in [0.3, 0.4) is 0 Å². The van der Waals surface area contributed by atoms with Crippen LogP contribution >= 0.6 is 0 Å². The fourth-order valence-corrected chi connectivity index (χ4v) is 3.31. The molecule has 0 saturated carbocycles. The summed E-state index contributed by atoms with van der Waals surface area (Å²) in [5, 5.41) is 1.12. The van der Waals surface area contributed by atoms with Gasteiger partial charge in [-0.25, -0.2) is 8.42 Å². The molecular weight excluding hydrogens is 278 g/mol. The Kier molecular flexibility index (Phi) is 4.04. The third kappa shape index (κ3) is 2.65. The van der Waals surface area contributed by atoms with Crippen molar-refractivity contribution in [3.05, 3.63) is 29.8 Å². The van der Waals surface area contributed by atoms with Crippen LogP contribution < -0.4 is 10.1 Å². The van der Waals surface area contributed by atoms with Crippen molar-refractivity contribution in [2.75, 3.05) is 6.61 Å². The molecule has 1 aliphatic rings. The molecule has 6 heteroatoms. The van der Waals surface area contributed by atoms with Gasteiger partial charge in [0.1, 0.15) is 17.6 Å². The zero-order chi connectivity index (χ0) is 14.9. The summed E-state index contributed by atoms with van der Waals surface area (Å²) in [4.78, 5) is 12.1. The second-order valence-corrected chi connectivity index (χ2v) is 8.02. The Bertz CT molecular complexity index is 609. The van der Waals surface area contributed by atoms with Gasteiger partial charge in [-0.2, -0.15) is 0 Å². The summed E-state index contributed by atoms with van der Waals surface area (Å²) in [5.41, 5.74) is 0.884. The molecule has 1 amide bonds. The lowest BCUT2D eigenvalue weighted by molar-refractivity contribution is -0.121. The molecule has 2 rings (SSSR count). The standard InChI is InChI=1S/C14H19NO4S/c1-9(2)20(17,18)10(3)14(16)15-12-8-19-13-7-5-4-6-11(12)13/h4-7,9-10,12H,8H2,1-3H3,(H,15,16)/t10-,12-/m0/s1. The lowest BCUT2D eigenvalue weighted by atomic mass is 10.1. The van der Waals surface area contributed by atoms with Crippen molar-refractivity contribution in [3.63, 3.8) is 0 Å². The fourth-order valence-electron chi connectivity index (χ4n) is 2.13. The topological polar surface area (TPSA) is 72.5 Å². The molecule has 1 aromatic carbocycles. The fraction of sp³-hybridized carbons (Fsp3) is 0.500. The van der Waals surface area contributed by atoms with Gasteiger partial charge < -0.3 is 10.1 Å². The van der Waals surface area contributed by atoms with Crippen molar-refractivity contribution < 1.29 is 17.9 Å². The van der Waals surface area contributed by atoms with Gasteiger partial charge in [-0.1, -0.05) is 18.2 Å². The second-order valence-electron chi connectivity index (χ2n) is 5.19. The van der Waals surface area contributed by atoms with Crippen LogP contribution in [0.15, 0.2) is 24.3 Å². The Morgan fingerprint density at radius 3 is 2.60 bits per heavy atom. The Morgan fingerprint density at radius 1 is 1.30 bits per heavy atom. The van der Waals surface area contributed by atoms with Crippen molar-refractivity contribution >= 4 is 15.7 Å². The number of hydrogen-bond donors (Lipinski definition) is 1. The predicted molar refractivity (Wildman–Crippen MR) is 76.3 cm³/mol. The number of ether oxygens (including phenoxy) is 1. The number of sulfone groups is 1. The van der Waals surface area contributed by atoms with E-state index in [1.807, 2.05) is 24.3 Å². The van der Waals surface area contributed by atoms with E-state index in [2.05, 4.69) is 5.32 Å². The van der Waals surface area contributed by atoms with Crippen LogP contribution in [-0.2, 0) is 14.6 Å². The molecule has 0 bridgehead atoms. The third-order valence-electron chi connectivity index (χ3n) is 3.54. The van der Waals surface area contributed by atoms with Gasteiger partial charge >= 0.3 is 0 Å². The molecule has 20 heavy (non-hydrogen) atoms. The van der Waals surface area contributed by atoms with Crippen molar-refractivity contribution in [2.24, 2.45) is 0 Å². The summed E-state index contributed by atoms with van der Waals surface area (Å²) in [6, 6.07) is 7.13. The number of benzene rings is 1. The molecule has 1 aliphatic heterocycles. The van der Waals surface area contributed by atoms with Crippen LogP contribution in [0.5, 0.6) is 5.75 Å². The molecule has 2 atom stereocenters. The largest absolute Gasteiger partial charge is 0.491 e. The van der Waals surface area contributed by atoms with E-state index in [1.54, 1.807) is 13.8 Å². The molecule has 0 radical (unpaired) electrons. The number of carbonyl (C=O) groups is 1. The van der Waals surface area contributed by atoms with Crippen molar-refractivity contribution in [2.45, 2.75) is 37.3 Å². The molecular formula is C14H19NO4S. The first-order chi connectivity index (χ1) is 9.34. The zero-order valence-corrected chi connectivity index (χ0v) is 12.6. The van der Waals surface area contributed by atoms with Gasteiger partial charge in [0, 0.05) is 5.56 Å². The van der Waals surface area contributed by atoms with E-state index in [1.165, 1.54) is 6.92 Å². The molecule has 1 heterocycles. The quantitative estimate of drug-likeness (QED) is 0.913. The van der Waals surface area contributed by atoms with Crippen LogP contribution in [-0.4, -0.2) is 31.4 Å². The number of fused-ring (bicyclic) bond motifs is 1. The lowest BCUT2D eigenvalue weighted by Gasteiger charge is -2.18. The van der Waals surface area contributed by atoms with Gasteiger partial charge in [0.25, 0.3) is 0 Å². The molecule has 0 saturated heterocycles. The summed E-state index contributed by atoms with van der Waals surface area (Å²) in [6.07, 6.45) is 0. The highest BCUT2D eigenvalue weighted by atomic mass is 32.2. The number of para-hydroxylation sites is 1. The summed E-state index contributed by atoms with van der Waals surface area (Å²) in [6.45, 7) is 4.91. The SMILES string of the molecule is CC(C)S(=O)(=O)[C@@H](C)C(=O)N[C@H]1COc2ccccc21. The molecule has 110 valence electrons. The summed E-state index contributed by atoms with van der Waals surface area (Å²) in [7, 11) is -3.45. The van der Waals surface area contributed by atoms with Crippen LogP contribution in [0.4, 0.5) is 0 Å². The average molecular weight is 297 g/mol. The number of amides is 1. The van der Waals surface area contributed by atoms with Crippen molar-refractivity contribution in [1.82, 2.24) is 5.32 Å². The maximum atomic E-state index is 12.1. The first kappa shape index (κ1) is 14.8. The van der Waals surface area contributed by atoms with E-state index in [0.717, 1.165) is 11.3 Å². The van der Waals surface area contributed by atoms with E-state index in [4.69, 9.17) is 4.74 Å². The molecule has 0 fully saturated rings. The lowest BCUT2D eigenvalue weighted by Crippen LogP contribution is -2.42. The second kappa shape index (κ2) is 5.44. The highest BCUT2D eigenvalue weighted by molar-refractivity contribution is 7.93. The minimum atomic E-state index is -3.45. The molecule has 0 aliphatic carbocycles. The number of rotatable bonds is 4. The molecule has 1 aromatic rings. The minimum Gasteiger partial charge on any atom is -0.491 e. The van der Waals surface area contributed by atoms with Crippen LogP contribution in [0, 0.1) is 0 Å². The Balaban J connectivity index is 2.11. The molecule has 0 spiro atoms. The monoisotopic (exact) mass is 297 g/mol. The molecule has 5 nitrogen and oxygen atoms in total. The van der Waals surface area contributed by atoms with E-state index in [0.29, 0.717) is 6.61 Å². The van der Waals surface area contributed by atoms with Gasteiger partial charge in [-0.15, -0.1) is 0 Å². The highest BCUT2D eigenvalue weighted by Crippen LogP contribution is 2.31. The Hall–Kier alpha value is -1.56. The molecule has 1 N–H and O–H groups in total. The van der Waals surface area contributed by atoms with Gasteiger partial charge in [-0.05, 0) is 26.8 Å². The van der Waals surface area contributed by atoms with E-state index in [-0.39, 0.29) is 6.04 Å². The number of nitrogens with one attached hydrogen (secondary N) is 1. The van der Waals surface area contributed by atoms with E-state index >= 15 is 0 Å². The van der Waals surface area contributed by atoms with Gasteiger partial charge in [0.05, 0.1) is 11.3 Å². The average Bonchev–Trinajstić information content (AvgIpc) is 2.81. The van der Waals surface area contributed by atoms with E-state index < -0.39 is 26.2 Å². The minimum absolute atomic E-state index is 0.288.